The zero-order chi connectivity index (χ0) is 10.1. The average Bonchev–Trinajstić information content (AvgIpc) is 2.78. The minimum Gasteiger partial charge on any atom is -0.378 e. The molecule has 0 spiro atoms. The Morgan fingerprint density at radius 2 is 2.13 bits per heavy atom. The van der Waals surface area contributed by atoms with Crippen LogP contribution >= 0.6 is 11.3 Å². The number of benzene rings is 1. The highest BCUT2D eigenvalue weighted by Crippen LogP contribution is 2.28. The van der Waals surface area contributed by atoms with Gasteiger partial charge in [-0.25, -0.2) is 4.98 Å². The Kier molecular flexibility index (Phi) is 2.31. The lowest BCUT2D eigenvalue weighted by Gasteiger charge is -2.28. The number of aromatic nitrogens is 1. The van der Waals surface area contributed by atoms with E-state index in [1.807, 2.05) is 5.51 Å². The summed E-state index contributed by atoms with van der Waals surface area (Å²) in [4.78, 5) is 6.78. The summed E-state index contributed by atoms with van der Waals surface area (Å²) in [5.74, 6) is 0. The molecule has 1 fully saturated rings. The Balaban J connectivity index is 2.05. The monoisotopic (exact) mass is 220 g/mol. The van der Waals surface area contributed by atoms with Gasteiger partial charge in [0.15, 0.2) is 0 Å². The molecule has 4 heteroatoms. The molecule has 1 saturated heterocycles. The Morgan fingerprint density at radius 3 is 3.00 bits per heavy atom. The van der Waals surface area contributed by atoms with E-state index in [9.17, 15) is 0 Å². The molecule has 1 aliphatic rings. The molecule has 0 bridgehead atoms. The van der Waals surface area contributed by atoms with Crippen LogP contribution in [-0.2, 0) is 4.74 Å². The molecule has 0 aliphatic carbocycles. The molecule has 0 saturated carbocycles. The highest BCUT2D eigenvalue weighted by atomic mass is 32.1. The van der Waals surface area contributed by atoms with E-state index in [-0.39, 0.29) is 0 Å². The fraction of sp³-hybridized carbons (Fsp3) is 0.364. The van der Waals surface area contributed by atoms with Crippen LogP contribution in [-0.4, -0.2) is 31.3 Å². The zero-order valence-electron chi connectivity index (χ0n) is 8.35. The van der Waals surface area contributed by atoms with E-state index in [4.69, 9.17) is 4.74 Å². The second-order valence-corrected chi connectivity index (χ2v) is 4.46. The van der Waals surface area contributed by atoms with Crippen LogP contribution in [0.3, 0.4) is 0 Å². The summed E-state index contributed by atoms with van der Waals surface area (Å²) in [5.41, 5.74) is 4.29. The smallest absolute Gasteiger partial charge is 0.104 e. The highest BCUT2D eigenvalue weighted by molar-refractivity contribution is 7.16. The van der Waals surface area contributed by atoms with Gasteiger partial charge in [0.25, 0.3) is 0 Å². The second-order valence-electron chi connectivity index (χ2n) is 3.58. The predicted octanol–water partition coefficient (Wildman–Crippen LogP) is 2.13. The molecular weight excluding hydrogens is 208 g/mol. The van der Waals surface area contributed by atoms with Gasteiger partial charge in [-0.3, -0.25) is 0 Å². The normalized spacial score (nSPS) is 17.2. The van der Waals surface area contributed by atoms with Crippen molar-refractivity contribution in [1.29, 1.82) is 0 Å². The molecule has 0 N–H and O–H groups in total. The van der Waals surface area contributed by atoms with Crippen LogP contribution in [0.2, 0.25) is 0 Å². The van der Waals surface area contributed by atoms with Crippen LogP contribution in [0.5, 0.6) is 0 Å². The first-order valence-electron chi connectivity index (χ1n) is 5.10. The summed E-state index contributed by atoms with van der Waals surface area (Å²) in [5, 5.41) is 0. The molecule has 1 aromatic carbocycles. The molecule has 0 amide bonds. The Labute approximate surface area is 92.3 Å². The van der Waals surface area contributed by atoms with Crippen molar-refractivity contribution in [2.45, 2.75) is 0 Å². The largest absolute Gasteiger partial charge is 0.378 e. The number of hydrogen-bond donors (Lipinski definition) is 0. The van der Waals surface area contributed by atoms with Crippen molar-refractivity contribution in [1.82, 2.24) is 4.98 Å². The maximum absolute atomic E-state index is 5.36. The Hall–Kier alpha value is -1.13. The molecule has 0 radical (unpaired) electrons. The van der Waals surface area contributed by atoms with Crippen molar-refractivity contribution >= 4 is 27.2 Å². The number of fused-ring (bicyclic) bond motifs is 1. The van der Waals surface area contributed by atoms with E-state index in [0.29, 0.717) is 0 Å². The summed E-state index contributed by atoms with van der Waals surface area (Å²) in [6, 6.07) is 6.37. The minimum absolute atomic E-state index is 0.820. The molecule has 78 valence electrons. The highest BCUT2D eigenvalue weighted by Gasteiger charge is 2.14. The fourth-order valence-corrected chi connectivity index (χ4v) is 2.63. The minimum atomic E-state index is 0.820. The summed E-state index contributed by atoms with van der Waals surface area (Å²) in [6.45, 7) is 3.58. The van der Waals surface area contributed by atoms with Gasteiger partial charge in [0, 0.05) is 13.1 Å². The van der Waals surface area contributed by atoms with Gasteiger partial charge in [0.05, 0.1) is 29.1 Å². The van der Waals surface area contributed by atoms with Crippen LogP contribution in [0.25, 0.3) is 10.2 Å². The zero-order valence-corrected chi connectivity index (χ0v) is 9.17. The van der Waals surface area contributed by atoms with Gasteiger partial charge in [-0.2, -0.15) is 0 Å². The molecule has 3 rings (SSSR count). The van der Waals surface area contributed by atoms with Gasteiger partial charge < -0.3 is 9.64 Å². The third-order valence-electron chi connectivity index (χ3n) is 2.69. The Morgan fingerprint density at radius 1 is 1.27 bits per heavy atom. The van der Waals surface area contributed by atoms with Crippen molar-refractivity contribution < 1.29 is 4.74 Å². The van der Waals surface area contributed by atoms with E-state index in [0.717, 1.165) is 31.8 Å². The van der Waals surface area contributed by atoms with Crippen LogP contribution < -0.4 is 4.90 Å². The van der Waals surface area contributed by atoms with Gasteiger partial charge in [0.1, 0.15) is 5.52 Å². The third kappa shape index (κ3) is 1.60. The maximum atomic E-state index is 5.36. The molecule has 15 heavy (non-hydrogen) atoms. The predicted molar refractivity (Wildman–Crippen MR) is 62.7 cm³/mol. The van der Waals surface area contributed by atoms with E-state index in [1.54, 1.807) is 11.3 Å². The molecule has 0 unspecified atom stereocenters. The van der Waals surface area contributed by atoms with Gasteiger partial charge in [-0.1, -0.05) is 6.07 Å². The van der Waals surface area contributed by atoms with E-state index < -0.39 is 0 Å². The van der Waals surface area contributed by atoms with Crippen molar-refractivity contribution in [3.05, 3.63) is 23.7 Å². The number of rotatable bonds is 1. The summed E-state index contributed by atoms with van der Waals surface area (Å²) in [6.07, 6.45) is 0. The van der Waals surface area contributed by atoms with Crippen molar-refractivity contribution in [2.24, 2.45) is 0 Å². The molecule has 1 aromatic heterocycles. The van der Waals surface area contributed by atoms with Crippen molar-refractivity contribution in [3.8, 4) is 0 Å². The number of para-hydroxylation sites is 1. The number of morpholine rings is 1. The molecule has 0 atom stereocenters. The fourth-order valence-electron chi connectivity index (χ4n) is 1.93. The van der Waals surface area contributed by atoms with E-state index in [1.165, 1.54) is 10.4 Å². The lowest BCUT2D eigenvalue weighted by Crippen LogP contribution is -2.36. The van der Waals surface area contributed by atoms with Crippen molar-refractivity contribution in [2.75, 3.05) is 31.2 Å². The maximum Gasteiger partial charge on any atom is 0.104 e. The first kappa shape index (κ1) is 9.12. The molecule has 1 aliphatic heterocycles. The SMILES string of the molecule is c1cc(N2CCOCC2)c2ncsc2c1. The molecule has 2 aromatic rings. The van der Waals surface area contributed by atoms with Gasteiger partial charge in [-0.15, -0.1) is 11.3 Å². The van der Waals surface area contributed by atoms with E-state index in [2.05, 4.69) is 28.1 Å². The van der Waals surface area contributed by atoms with E-state index >= 15 is 0 Å². The number of anilines is 1. The number of nitrogens with zero attached hydrogens (tertiary/aromatic N) is 2. The summed E-state index contributed by atoms with van der Waals surface area (Å²) < 4.78 is 6.62. The quantitative estimate of drug-likeness (QED) is 0.736. The molecular formula is C11H12N2OS. The van der Waals surface area contributed by atoms with Gasteiger partial charge >= 0.3 is 0 Å². The summed E-state index contributed by atoms with van der Waals surface area (Å²) >= 11 is 1.70. The topological polar surface area (TPSA) is 25.4 Å². The third-order valence-corrected chi connectivity index (χ3v) is 3.49. The Bertz CT molecular complexity index is 462. The number of ether oxygens (including phenoxy) is 1. The second kappa shape index (κ2) is 3.79. The number of hydrogen-bond acceptors (Lipinski definition) is 4. The lowest BCUT2D eigenvalue weighted by atomic mass is 10.2. The lowest BCUT2D eigenvalue weighted by molar-refractivity contribution is 0.123. The first-order valence-corrected chi connectivity index (χ1v) is 5.98. The molecule has 2 heterocycles. The van der Waals surface area contributed by atoms with Crippen LogP contribution in [0.15, 0.2) is 23.7 Å². The van der Waals surface area contributed by atoms with Crippen LogP contribution in [0, 0.1) is 0 Å². The van der Waals surface area contributed by atoms with Gasteiger partial charge in [0.2, 0.25) is 0 Å². The van der Waals surface area contributed by atoms with Crippen molar-refractivity contribution in [3.63, 3.8) is 0 Å². The van der Waals surface area contributed by atoms with Crippen LogP contribution in [0.4, 0.5) is 5.69 Å². The summed E-state index contributed by atoms with van der Waals surface area (Å²) in [7, 11) is 0. The average molecular weight is 220 g/mol. The van der Waals surface area contributed by atoms with Gasteiger partial charge in [-0.05, 0) is 12.1 Å². The van der Waals surface area contributed by atoms with Crippen LogP contribution in [0.1, 0.15) is 0 Å². The molecule has 3 nitrogen and oxygen atoms in total. The standard InChI is InChI=1S/C11H12N2OS/c1-2-9(13-4-6-14-7-5-13)11-10(3-1)15-8-12-11/h1-3,8H,4-7H2. The number of thiazole rings is 1. The first-order chi connectivity index (χ1) is 7.45.